The molecule has 2 aliphatic rings. The average Bonchev–Trinajstić information content (AvgIpc) is 2.47. The Morgan fingerprint density at radius 3 is 2.90 bits per heavy atom. The molecule has 1 aliphatic heterocycles. The van der Waals surface area contributed by atoms with Crippen LogP contribution in [0.1, 0.15) is 56.6 Å². The lowest BCUT2D eigenvalue weighted by Gasteiger charge is -2.37. The van der Waals surface area contributed by atoms with E-state index in [1.807, 2.05) is 0 Å². The summed E-state index contributed by atoms with van der Waals surface area (Å²) in [6, 6.07) is 6.94. The average molecular weight is 273 g/mol. The topological polar surface area (TPSA) is 35.2 Å². The maximum Gasteiger partial charge on any atom is 0.126 e. The molecule has 1 aromatic carbocycles. The molecule has 3 unspecified atom stereocenters. The van der Waals surface area contributed by atoms with E-state index < -0.39 is 0 Å². The SMILES string of the molecule is CC(C)C1CCC(N)C(c2cccc3c2OCCC3)C1. The molecule has 20 heavy (non-hydrogen) atoms. The zero-order valence-corrected chi connectivity index (χ0v) is 12.8. The molecule has 3 rings (SSSR count). The van der Waals surface area contributed by atoms with Gasteiger partial charge in [0.2, 0.25) is 0 Å². The van der Waals surface area contributed by atoms with Crippen LogP contribution in [0.25, 0.3) is 0 Å². The van der Waals surface area contributed by atoms with Gasteiger partial charge in [-0.05, 0) is 55.1 Å². The van der Waals surface area contributed by atoms with Gasteiger partial charge in [-0.25, -0.2) is 0 Å². The van der Waals surface area contributed by atoms with Crippen molar-refractivity contribution in [3.8, 4) is 5.75 Å². The molecule has 0 amide bonds. The highest BCUT2D eigenvalue weighted by atomic mass is 16.5. The smallest absolute Gasteiger partial charge is 0.126 e. The molecule has 1 aliphatic carbocycles. The molecule has 1 heterocycles. The van der Waals surface area contributed by atoms with E-state index in [4.69, 9.17) is 10.5 Å². The van der Waals surface area contributed by atoms with Crippen LogP contribution in [0.15, 0.2) is 18.2 Å². The van der Waals surface area contributed by atoms with Crippen molar-refractivity contribution in [2.45, 2.75) is 57.9 Å². The summed E-state index contributed by atoms with van der Waals surface area (Å²) in [6.45, 7) is 5.55. The molecule has 0 bridgehead atoms. The second-order valence-corrected chi connectivity index (χ2v) is 6.87. The number of nitrogens with two attached hydrogens (primary N) is 1. The predicted octanol–water partition coefficient (Wildman–Crippen LogP) is 3.88. The van der Waals surface area contributed by atoms with Crippen molar-refractivity contribution in [3.63, 3.8) is 0 Å². The van der Waals surface area contributed by atoms with E-state index in [2.05, 4.69) is 32.0 Å². The molecular weight excluding hydrogens is 246 g/mol. The molecule has 1 fully saturated rings. The van der Waals surface area contributed by atoms with Gasteiger partial charge < -0.3 is 10.5 Å². The molecule has 0 spiro atoms. The summed E-state index contributed by atoms with van der Waals surface area (Å²) in [5.74, 6) is 3.19. The fraction of sp³-hybridized carbons (Fsp3) is 0.667. The Labute approximate surface area is 122 Å². The van der Waals surface area contributed by atoms with Gasteiger partial charge in [0.15, 0.2) is 0 Å². The Bertz CT molecular complexity index is 468. The fourth-order valence-corrected chi connectivity index (χ4v) is 3.90. The van der Waals surface area contributed by atoms with Crippen LogP contribution in [0, 0.1) is 11.8 Å². The van der Waals surface area contributed by atoms with E-state index in [1.54, 1.807) is 0 Å². The van der Waals surface area contributed by atoms with E-state index in [0.29, 0.717) is 12.0 Å². The molecule has 0 radical (unpaired) electrons. The minimum atomic E-state index is 0.294. The first-order valence-corrected chi connectivity index (χ1v) is 8.17. The van der Waals surface area contributed by atoms with Crippen molar-refractivity contribution < 1.29 is 4.74 Å². The van der Waals surface area contributed by atoms with Gasteiger partial charge in [0.25, 0.3) is 0 Å². The van der Waals surface area contributed by atoms with E-state index >= 15 is 0 Å². The Hall–Kier alpha value is -1.02. The van der Waals surface area contributed by atoms with Crippen LogP contribution in [0.2, 0.25) is 0 Å². The van der Waals surface area contributed by atoms with Crippen molar-refractivity contribution in [1.82, 2.24) is 0 Å². The first kappa shape index (κ1) is 13.9. The van der Waals surface area contributed by atoms with Crippen LogP contribution in [0.5, 0.6) is 5.75 Å². The Kier molecular flexibility index (Phi) is 4.02. The third-order valence-corrected chi connectivity index (χ3v) is 5.25. The molecule has 2 nitrogen and oxygen atoms in total. The first-order chi connectivity index (χ1) is 9.66. The summed E-state index contributed by atoms with van der Waals surface area (Å²) in [5.41, 5.74) is 9.21. The Morgan fingerprint density at radius 2 is 2.10 bits per heavy atom. The highest BCUT2D eigenvalue weighted by Gasteiger charge is 2.33. The lowest BCUT2D eigenvalue weighted by molar-refractivity contribution is 0.224. The number of fused-ring (bicyclic) bond motifs is 1. The standard InChI is InChI=1S/C18H27NO/c1-12(2)14-8-9-17(19)16(11-14)15-7-3-5-13-6-4-10-20-18(13)15/h3,5,7,12,14,16-17H,4,6,8-11,19H2,1-2H3. The summed E-state index contributed by atoms with van der Waals surface area (Å²) in [7, 11) is 0. The predicted molar refractivity (Wildman–Crippen MR) is 83.2 cm³/mol. The van der Waals surface area contributed by atoms with Gasteiger partial charge in [0.1, 0.15) is 5.75 Å². The van der Waals surface area contributed by atoms with Crippen LogP contribution < -0.4 is 10.5 Å². The van der Waals surface area contributed by atoms with E-state index in [9.17, 15) is 0 Å². The van der Waals surface area contributed by atoms with Crippen LogP contribution in [0.4, 0.5) is 0 Å². The zero-order valence-electron chi connectivity index (χ0n) is 12.8. The van der Waals surface area contributed by atoms with Crippen molar-refractivity contribution in [2.24, 2.45) is 17.6 Å². The number of aryl methyl sites for hydroxylation is 1. The summed E-state index contributed by atoms with van der Waals surface area (Å²) < 4.78 is 6.00. The maximum absolute atomic E-state index is 6.45. The first-order valence-electron chi connectivity index (χ1n) is 8.17. The fourth-order valence-electron chi connectivity index (χ4n) is 3.90. The molecule has 2 N–H and O–H groups in total. The van der Waals surface area contributed by atoms with Gasteiger partial charge in [-0.3, -0.25) is 0 Å². The molecule has 1 aromatic rings. The van der Waals surface area contributed by atoms with Crippen molar-refractivity contribution >= 4 is 0 Å². The quantitative estimate of drug-likeness (QED) is 0.887. The van der Waals surface area contributed by atoms with Gasteiger partial charge >= 0.3 is 0 Å². The molecule has 2 heteroatoms. The molecule has 3 atom stereocenters. The number of rotatable bonds is 2. The van der Waals surface area contributed by atoms with Gasteiger partial charge in [0.05, 0.1) is 6.61 Å². The van der Waals surface area contributed by atoms with E-state index in [-0.39, 0.29) is 0 Å². The molecule has 1 saturated carbocycles. The highest BCUT2D eigenvalue weighted by Crippen LogP contribution is 2.43. The van der Waals surface area contributed by atoms with Crippen LogP contribution in [-0.2, 0) is 6.42 Å². The number of hydrogen-bond donors (Lipinski definition) is 1. The summed E-state index contributed by atoms with van der Waals surface area (Å²) in [5, 5.41) is 0. The second-order valence-electron chi connectivity index (χ2n) is 6.87. The minimum absolute atomic E-state index is 0.294. The second kappa shape index (κ2) is 5.77. The highest BCUT2D eigenvalue weighted by molar-refractivity contribution is 5.45. The van der Waals surface area contributed by atoms with E-state index in [0.717, 1.165) is 43.5 Å². The molecule has 0 aromatic heterocycles. The number of hydrogen-bond acceptors (Lipinski definition) is 2. The lowest BCUT2D eigenvalue weighted by Crippen LogP contribution is -2.36. The van der Waals surface area contributed by atoms with Crippen LogP contribution >= 0.6 is 0 Å². The number of para-hydroxylation sites is 1. The number of benzene rings is 1. The summed E-state index contributed by atoms with van der Waals surface area (Å²) in [6.07, 6.45) is 5.95. The Morgan fingerprint density at radius 1 is 1.25 bits per heavy atom. The van der Waals surface area contributed by atoms with Gasteiger partial charge in [-0.2, -0.15) is 0 Å². The van der Waals surface area contributed by atoms with Crippen molar-refractivity contribution in [3.05, 3.63) is 29.3 Å². The lowest BCUT2D eigenvalue weighted by atomic mass is 9.71. The van der Waals surface area contributed by atoms with Gasteiger partial charge in [-0.1, -0.05) is 32.0 Å². The molecule has 0 saturated heterocycles. The van der Waals surface area contributed by atoms with Crippen LogP contribution in [-0.4, -0.2) is 12.6 Å². The third kappa shape index (κ3) is 2.58. The van der Waals surface area contributed by atoms with Gasteiger partial charge in [0, 0.05) is 12.0 Å². The Balaban J connectivity index is 1.90. The maximum atomic E-state index is 6.45. The summed E-state index contributed by atoms with van der Waals surface area (Å²) >= 11 is 0. The molecular formula is C18H27NO. The monoisotopic (exact) mass is 273 g/mol. The number of ether oxygens (including phenoxy) is 1. The van der Waals surface area contributed by atoms with Crippen LogP contribution in [0.3, 0.4) is 0 Å². The van der Waals surface area contributed by atoms with Gasteiger partial charge in [-0.15, -0.1) is 0 Å². The third-order valence-electron chi connectivity index (χ3n) is 5.25. The summed E-state index contributed by atoms with van der Waals surface area (Å²) in [4.78, 5) is 0. The minimum Gasteiger partial charge on any atom is -0.493 e. The largest absolute Gasteiger partial charge is 0.493 e. The van der Waals surface area contributed by atoms with Crippen molar-refractivity contribution in [2.75, 3.05) is 6.61 Å². The van der Waals surface area contributed by atoms with E-state index in [1.165, 1.54) is 24.0 Å². The zero-order chi connectivity index (χ0) is 14.1. The molecule has 110 valence electrons. The van der Waals surface area contributed by atoms with Crippen molar-refractivity contribution in [1.29, 1.82) is 0 Å². The normalized spacial score (nSPS) is 29.9.